The lowest BCUT2D eigenvalue weighted by molar-refractivity contribution is -0.135. The van der Waals surface area contributed by atoms with E-state index in [4.69, 9.17) is 22.8 Å². The van der Waals surface area contributed by atoms with Crippen LogP contribution in [0.1, 0.15) is 27.7 Å². The van der Waals surface area contributed by atoms with E-state index in [1.807, 2.05) is 0 Å². The van der Waals surface area contributed by atoms with Crippen LogP contribution < -0.4 is 0 Å². The summed E-state index contributed by atoms with van der Waals surface area (Å²) >= 11 is 0. The molecular formula is C12H22O8P2. The van der Waals surface area contributed by atoms with Gasteiger partial charge >= 0.3 is 21.2 Å². The Balaban J connectivity index is 3.43. The smallest absolute Gasteiger partial charge is 0.369 e. The molecule has 0 aromatic rings. The molecule has 0 N–H and O–H groups in total. The summed E-state index contributed by atoms with van der Waals surface area (Å²) in [4.78, 5) is 12.0. The molecule has 0 fully saturated rings. The van der Waals surface area contributed by atoms with Crippen LogP contribution in [0.4, 0.5) is 0 Å². The molecule has 0 aliphatic carbocycles. The molecule has 128 valence electrons. The van der Waals surface area contributed by atoms with Crippen molar-refractivity contribution >= 4 is 21.2 Å². The Morgan fingerprint density at radius 1 is 0.864 bits per heavy atom. The van der Waals surface area contributed by atoms with Crippen LogP contribution >= 0.6 is 15.2 Å². The van der Waals surface area contributed by atoms with Gasteiger partial charge in [0, 0.05) is 0 Å². The number of hydrogen-bond acceptors (Lipinski definition) is 8. The molecule has 1 aliphatic rings. The Morgan fingerprint density at radius 3 is 1.68 bits per heavy atom. The highest BCUT2D eigenvalue weighted by Crippen LogP contribution is 2.67. The Kier molecular flexibility index (Phi) is 7.46. The molecule has 0 radical (unpaired) electrons. The molecule has 0 amide bonds. The summed E-state index contributed by atoms with van der Waals surface area (Å²) in [5.41, 5.74) is 0. The highest BCUT2D eigenvalue weighted by molar-refractivity contribution is 7.64. The lowest BCUT2D eigenvalue weighted by Crippen LogP contribution is -2.07. The van der Waals surface area contributed by atoms with Crippen molar-refractivity contribution < 1.29 is 36.8 Å². The summed E-state index contributed by atoms with van der Waals surface area (Å²) < 4.78 is 51.3. The number of esters is 1. The Labute approximate surface area is 130 Å². The van der Waals surface area contributed by atoms with Crippen LogP contribution in [0.2, 0.25) is 0 Å². The maximum atomic E-state index is 12.9. The van der Waals surface area contributed by atoms with E-state index in [-0.39, 0.29) is 43.7 Å². The Bertz CT molecular complexity index is 507. The van der Waals surface area contributed by atoms with Crippen LogP contribution in [-0.4, -0.2) is 39.0 Å². The highest BCUT2D eigenvalue weighted by Gasteiger charge is 2.49. The van der Waals surface area contributed by atoms with Crippen molar-refractivity contribution in [3.8, 4) is 0 Å². The van der Waals surface area contributed by atoms with Gasteiger partial charge in [0.1, 0.15) is 11.9 Å². The van der Waals surface area contributed by atoms with Crippen molar-refractivity contribution in [2.75, 3.05) is 33.0 Å². The third kappa shape index (κ3) is 4.07. The van der Waals surface area contributed by atoms with Gasteiger partial charge in [0.15, 0.2) is 5.31 Å². The average molecular weight is 356 g/mol. The largest absolute Gasteiger partial charge is 0.457 e. The number of cyclic esters (lactones) is 1. The molecule has 0 bridgehead atoms. The van der Waals surface area contributed by atoms with Crippen molar-refractivity contribution in [3.63, 3.8) is 0 Å². The zero-order chi connectivity index (χ0) is 16.8. The number of hydrogen-bond donors (Lipinski definition) is 0. The van der Waals surface area contributed by atoms with E-state index < -0.39 is 21.2 Å². The Hall–Kier alpha value is -0.490. The van der Waals surface area contributed by atoms with Gasteiger partial charge in [-0.25, -0.2) is 4.79 Å². The van der Waals surface area contributed by atoms with Crippen LogP contribution in [0.25, 0.3) is 0 Å². The summed E-state index contributed by atoms with van der Waals surface area (Å²) in [5, 5.41) is -0.465. The number of carbonyl (C=O) groups is 1. The second-order valence-corrected chi connectivity index (χ2v) is 8.05. The molecule has 8 nitrogen and oxygen atoms in total. The fourth-order valence-electron chi connectivity index (χ4n) is 1.91. The number of ether oxygens (including phenoxy) is 1. The SMILES string of the molecule is CCOP(=O)(OCC)C1=C(P(=O)(OCC)OCC)C(=O)OC1. The first-order chi connectivity index (χ1) is 10.4. The maximum Gasteiger partial charge on any atom is 0.369 e. The number of carbonyl (C=O) groups excluding carboxylic acids is 1. The summed E-state index contributed by atoms with van der Waals surface area (Å²) in [6.45, 7) is 6.45. The van der Waals surface area contributed by atoms with Crippen LogP contribution in [0, 0.1) is 0 Å². The monoisotopic (exact) mass is 356 g/mol. The second-order valence-electron chi connectivity index (χ2n) is 4.04. The molecule has 1 aliphatic heterocycles. The molecule has 1 rings (SSSR count). The molecule has 0 unspecified atom stereocenters. The number of rotatable bonds is 10. The van der Waals surface area contributed by atoms with Crippen molar-refractivity contribution in [3.05, 3.63) is 10.6 Å². The minimum absolute atomic E-state index is 0.0505. The molecule has 1 heterocycles. The molecule has 0 atom stereocenters. The predicted molar refractivity (Wildman–Crippen MR) is 79.7 cm³/mol. The predicted octanol–water partition coefficient (Wildman–Crippen LogP) is 3.29. The molecule has 0 spiro atoms. The van der Waals surface area contributed by atoms with E-state index in [9.17, 15) is 13.9 Å². The van der Waals surface area contributed by atoms with Gasteiger partial charge in [0.05, 0.1) is 26.4 Å². The van der Waals surface area contributed by atoms with Gasteiger partial charge in [-0.05, 0) is 27.7 Å². The minimum atomic E-state index is -3.95. The summed E-state index contributed by atoms with van der Waals surface area (Å²) in [7, 11) is -7.75. The van der Waals surface area contributed by atoms with Crippen molar-refractivity contribution in [2.45, 2.75) is 27.7 Å². The molecule has 22 heavy (non-hydrogen) atoms. The van der Waals surface area contributed by atoms with Crippen molar-refractivity contribution in [1.82, 2.24) is 0 Å². The normalized spacial score (nSPS) is 16.3. The highest BCUT2D eigenvalue weighted by atomic mass is 31.2. The zero-order valence-electron chi connectivity index (χ0n) is 13.2. The fraction of sp³-hybridized carbons (Fsp3) is 0.750. The molecule has 0 saturated heterocycles. The van der Waals surface area contributed by atoms with Crippen LogP contribution in [0.5, 0.6) is 0 Å². The first-order valence-corrected chi connectivity index (χ1v) is 10.2. The van der Waals surface area contributed by atoms with E-state index in [1.54, 1.807) is 27.7 Å². The van der Waals surface area contributed by atoms with Gasteiger partial charge in [-0.1, -0.05) is 0 Å². The van der Waals surface area contributed by atoms with Gasteiger partial charge in [-0.2, -0.15) is 0 Å². The van der Waals surface area contributed by atoms with Crippen LogP contribution in [-0.2, 0) is 36.8 Å². The third-order valence-corrected chi connectivity index (χ3v) is 7.19. The third-order valence-electron chi connectivity index (χ3n) is 2.61. The molecule has 0 aromatic carbocycles. The summed E-state index contributed by atoms with van der Waals surface area (Å²) in [6.07, 6.45) is 0. The first kappa shape index (κ1) is 19.6. The molecule has 0 saturated carbocycles. The molecule has 0 aromatic heterocycles. The van der Waals surface area contributed by atoms with Gasteiger partial charge in [0.25, 0.3) is 0 Å². The van der Waals surface area contributed by atoms with Gasteiger partial charge in [-0.15, -0.1) is 0 Å². The average Bonchev–Trinajstić information content (AvgIpc) is 2.83. The van der Waals surface area contributed by atoms with Crippen LogP contribution in [0.15, 0.2) is 10.6 Å². The molecule has 10 heteroatoms. The minimum Gasteiger partial charge on any atom is -0.457 e. The summed E-state index contributed by atoms with van der Waals surface area (Å²) in [6, 6.07) is 0. The van der Waals surface area contributed by atoms with Crippen molar-refractivity contribution in [2.24, 2.45) is 0 Å². The zero-order valence-corrected chi connectivity index (χ0v) is 15.0. The Morgan fingerprint density at radius 2 is 1.27 bits per heavy atom. The van der Waals surface area contributed by atoms with E-state index >= 15 is 0 Å². The van der Waals surface area contributed by atoms with E-state index in [2.05, 4.69) is 0 Å². The standard InChI is InChI=1S/C12H22O8P2/c1-5-17-21(14,18-6-2)10-9-16-12(13)11(10)22(15,19-7-3)20-8-4/h5-9H2,1-4H3. The van der Waals surface area contributed by atoms with Gasteiger partial charge in [0.2, 0.25) is 0 Å². The quantitative estimate of drug-likeness (QED) is 0.434. The molecular weight excluding hydrogens is 334 g/mol. The summed E-state index contributed by atoms with van der Waals surface area (Å²) in [5.74, 6) is -0.889. The maximum absolute atomic E-state index is 12.9. The van der Waals surface area contributed by atoms with Gasteiger partial charge < -0.3 is 22.8 Å². The first-order valence-electron chi connectivity index (χ1n) is 7.08. The fourth-order valence-corrected chi connectivity index (χ4v) is 5.96. The lowest BCUT2D eigenvalue weighted by Gasteiger charge is -2.21. The second kappa shape index (κ2) is 8.39. The van der Waals surface area contributed by atoms with E-state index in [0.717, 1.165) is 0 Å². The van der Waals surface area contributed by atoms with Crippen LogP contribution in [0.3, 0.4) is 0 Å². The van der Waals surface area contributed by atoms with E-state index in [0.29, 0.717) is 0 Å². The van der Waals surface area contributed by atoms with E-state index in [1.165, 1.54) is 0 Å². The van der Waals surface area contributed by atoms with Crippen molar-refractivity contribution in [1.29, 1.82) is 0 Å². The topological polar surface area (TPSA) is 97.4 Å². The lowest BCUT2D eigenvalue weighted by atomic mass is 10.5. The van der Waals surface area contributed by atoms with Gasteiger partial charge in [-0.3, -0.25) is 9.13 Å².